The van der Waals surface area contributed by atoms with E-state index in [0.717, 1.165) is 46.8 Å². The Bertz CT molecular complexity index is 826. The minimum Gasteiger partial charge on any atom is -0.497 e. The molecule has 1 aliphatic carbocycles. The fraction of sp³-hybridized carbons (Fsp3) is 0.250. The van der Waals surface area contributed by atoms with E-state index in [0.29, 0.717) is 6.42 Å². The fourth-order valence-electron chi connectivity index (χ4n) is 3.51. The van der Waals surface area contributed by atoms with Crippen molar-refractivity contribution in [1.82, 2.24) is 0 Å². The summed E-state index contributed by atoms with van der Waals surface area (Å²) >= 11 is 0. The zero-order valence-electron chi connectivity index (χ0n) is 13.6. The molecule has 0 amide bonds. The zero-order valence-corrected chi connectivity index (χ0v) is 13.6. The highest BCUT2D eigenvalue weighted by atomic mass is 16.5. The van der Waals surface area contributed by atoms with E-state index in [4.69, 9.17) is 4.74 Å². The molecule has 2 N–H and O–H groups in total. The van der Waals surface area contributed by atoms with Gasteiger partial charge in [0.15, 0.2) is 5.78 Å². The molecule has 2 aromatic rings. The second-order valence-electron chi connectivity index (χ2n) is 6.19. The minimum atomic E-state index is -0.168. The smallest absolute Gasteiger partial charge is 0.163 e. The van der Waals surface area contributed by atoms with Crippen molar-refractivity contribution in [2.45, 2.75) is 25.3 Å². The molecular weight excluding hydrogens is 300 g/mol. The van der Waals surface area contributed by atoms with Crippen molar-refractivity contribution >= 4 is 17.2 Å². The van der Waals surface area contributed by atoms with Gasteiger partial charge in [0.2, 0.25) is 0 Å². The molecule has 122 valence electrons. The first-order valence-corrected chi connectivity index (χ1v) is 8.29. The highest BCUT2D eigenvalue weighted by Crippen LogP contribution is 2.40. The van der Waals surface area contributed by atoms with Crippen LogP contribution in [0.25, 0.3) is 0 Å². The van der Waals surface area contributed by atoms with Crippen LogP contribution in [-0.4, -0.2) is 12.9 Å². The van der Waals surface area contributed by atoms with Crippen LogP contribution in [0.15, 0.2) is 59.8 Å². The van der Waals surface area contributed by atoms with Crippen molar-refractivity contribution in [3.05, 3.63) is 65.4 Å². The lowest BCUT2D eigenvalue weighted by molar-refractivity contribution is -0.116. The Morgan fingerprint density at radius 2 is 1.88 bits per heavy atom. The molecule has 4 rings (SSSR count). The van der Waals surface area contributed by atoms with Crippen molar-refractivity contribution in [3.63, 3.8) is 0 Å². The van der Waals surface area contributed by atoms with Gasteiger partial charge >= 0.3 is 0 Å². The van der Waals surface area contributed by atoms with Crippen LogP contribution in [0.2, 0.25) is 0 Å². The lowest BCUT2D eigenvalue weighted by Crippen LogP contribution is -2.23. The molecule has 24 heavy (non-hydrogen) atoms. The fourth-order valence-corrected chi connectivity index (χ4v) is 3.51. The first-order chi connectivity index (χ1) is 11.8. The number of nitrogens with one attached hydrogen (secondary N) is 2. The lowest BCUT2D eigenvalue weighted by Gasteiger charge is -2.25. The summed E-state index contributed by atoms with van der Waals surface area (Å²) in [5.41, 5.74) is 4.95. The maximum Gasteiger partial charge on any atom is 0.163 e. The molecule has 0 fully saturated rings. The molecule has 4 heteroatoms. The number of para-hydroxylation sites is 2. The summed E-state index contributed by atoms with van der Waals surface area (Å²) in [6.45, 7) is 0. The molecule has 0 saturated carbocycles. The van der Waals surface area contributed by atoms with E-state index in [1.54, 1.807) is 7.11 Å². The molecule has 0 spiro atoms. The van der Waals surface area contributed by atoms with Crippen LogP contribution >= 0.6 is 0 Å². The molecule has 1 atom stereocenters. The number of anilines is 2. The number of benzene rings is 2. The second-order valence-corrected chi connectivity index (χ2v) is 6.19. The summed E-state index contributed by atoms with van der Waals surface area (Å²) in [5.74, 6) is 1.02. The number of hydrogen-bond acceptors (Lipinski definition) is 4. The lowest BCUT2D eigenvalue weighted by atomic mass is 9.86. The number of methoxy groups -OCH3 is 1. The van der Waals surface area contributed by atoms with Gasteiger partial charge in [-0.05, 0) is 42.7 Å². The highest BCUT2D eigenvalue weighted by Gasteiger charge is 2.32. The molecular formula is C20H20N2O2. The van der Waals surface area contributed by atoms with Crippen LogP contribution in [-0.2, 0) is 4.79 Å². The van der Waals surface area contributed by atoms with E-state index >= 15 is 0 Å². The third-order valence-corrected chi connectivity index (χ3v) is 4.68. The largest absolute Gasteiger partial charge is 0.497 e. The van der Waals surface area contributed by atoms with E-state index < -0.39 is 0 Å². The Balaban J connectivity index is 1.86. The first-order valence-electron chi connectivity index (χ1n) is 8.29. The van der Waals surface area contributed by atoms with E-state index in [2.05, 4.69) is 10.6 Å². The van der Waals surface area contributed by atoms with Crippen LogP contribution < -0.4 is 15.4 Å². The zero-order chi connectivity index (χ0) is 16.5. The molecule has 0 aromatic heterocycles. The number of allylic oxidation sites excluding steroid dienone is 1. The van der Waals surface area contributed by atoms with E-state index in [-0.39, 0.29) is 11.8 Å². The number of rotatable bonds is 2. The van der Waals surface area contributed by atoms with Crippen molar-refractivity contribution in [2.24, 2.45) is 0 Å². The average molecular weight is 320 g/mol. The second kappa shape index (κ2) is 6.04. The van der Waals surface area contributed by atoms with E-state index in [9.17, 15) is 4.79 Å². The number of ether oxygens (including phenoxy) is 1. The molecule has 0 saturated heterocycles. The average Bonchev–Trinajstić information content (AvgIpc) is 2.79. The summed E-state index contributed by atoms with van der Waals surface area (Å²) in [7, 11) is 1.66. The minimum absolute atomic E-state index is 0.168. The third kappa shape index (κ3) is 2.54. The Kier molecular flexibility index (Phi) is 3.73. The standard InChI is InChI=1S/C20H20N2O2/c1-24-14-7-4-6-13(12-14)20-19-17(10-5-11-18(19)23)21-15-8-2-3-9-16(15)22-20/h2-4,6-9,12,20-22H,5,10-11H2,1H3. The van der Waals surface area contributed by atoms with Gasteiger partial charge in [0.05, 0.1) is 24.5 Å². The number of carbonyl (C=O) groups is 1. The monoisotopic (exact) mass is 320 g/mol. The predicted molar refractivity (Wildman–Crippen MR) is 95.3 cm³/mol. The normalized spacial score (nSPS) is 19.5. The molecule has 2 aromatic carbocycles. The number of hydrogen-bond donors (Lipinski definition) is 2. The van der Waals surface area contributed by atoms with Crippen LogP contribution in [0.3, 0.4) is 0 Å². The number of ketones is 1. The van der Waals surface area contributed by atoms with E-state index in [1.165, 1.54) is 0 Å². The van der Waals surface area contributed by atoms with Crippen molar-refractivity contribution in [3.8, 4) is 5.75 Å². The van der Waals surface area contributed by atoms with Crippen LogP contribution in [0, 0.1) is 0 Å². The maximum absolute atomic E-state index is 12.7. The van der Waals surface area contributed by atoms with Gasteiger partial charge in [-0.2, -0.15) is 0 Å². The maximum atomic E-state index is 12.7. The van der Waals surface area contributed by atoms with Crippen LogP contribution in [0.4, 0.5) is 11.4 Å². The summed E-state index contributed by atoms with van der Waals surface area (Å²) in [6.07, 6.45) is 2.41. The molecule has 1 unspecified atom stereocenters. The first kappa shape index (κ1) is 14.8. The number of carbonyl (C=O) groups excluding carboxylic acids is 1. The van der Waals surface area contributed by atoms with E-state index in [1.807, 2.05) is 48.5 Å². The Morgan fingerprint density at radius 3 is 2.71 bits per heavy atom. The van der Waals surface area contributed by atoms with Crippen molar-refractivity contribution in [2.75, 3.05) is 17.7 Å². The highest BCUT2D eigenvalue weighted by molar-refractivity contribution is 6.00. The summed E-state index contributed by atoms with van der Waals surface area (Å²) in [5, 5.41) is 7.05. The van der Waals surface area contributed by atoms with Crippen LogP contribution in [0.1, 0.15) is 30.9 Å². The number of Topliss-reactive ketones (excluding diaryl/α,β-unsaturated/α-hetero) is 1. The molecule has 4 nitrogen and oxygen atoms in total. The van der Waals surface area contributed by atoms with Crippen molar-refractivity contribution < 1.29 is 9.53 Å². The Labute approximate surface area is 141 Å². The molecule has 1 aliphatic heterocycles. The van der Waals surface area contributed by atoms with Crippen LogP contribution in [0.5, 0.6) is 5.75 Å². The quantitative estimate of drug-likeness (QED) is 0.867. The van der Waals surface area contributed by atoms with Gasteiger partial charge in [0.1, 0.15) is 5.75 Å². The third-order valence-electron chi connectivity index (χ3n) is 4.68. The summed E-state index contributed by atoms with van der Waals surface area (Å²) in [4.78, 5) is 12.7. The SMILES string of the molecule is COc1cccc(C2Nc3ccccc3NC3=C2C(=O)CCC3)c1. The van der Waals surface area contributed by atoms with Gasteiger partial charge in [0, 0.05) is 17.7 Å². The van der Waals surface area contributed by atoms with Gasteiger partial charge in [0.25, 0.3) is 0 Å². The van der Waals surface area contributed by atoms with Gasteiger partial charge in [-0.1, -0.05) is 24.3 Å². The summed E-state index contributed by atoms with van der Waals surface area (Å²) < 4.78 is 5.36. The molecule has 0 radical (unpaired) electrons. The van der Waals surface area contributed by atoms with Gasteiger partial charge in [-0.25, -0.2) is 0 Å². The Morgan fingerprint density at radius 1 is 1.04 bits per heavy atom. The molecule has 1 heterocycles. The summed E-state index contributed by atoms with van der Waals surface area (Å²) in [6, 6.07) is 15.8. The van der Waals surface area contributed by atoms with Gasteiger partial charge < -0.3 is 15.4 Å². The number of fused-ring (bicyclic) bond motifs is 1. The Hall–Kier alpha value is -2.75. The topological polar surface area (TPSA) is 50.4 Å². The van der Waals surface area contributed by atoms with Crippen molar-refractivity contribution in [1.29, 1.82) is 0 Å². The molecule has 0 bridgehead atoms. The predicted octanol–water partition coefficient (Wildman–Crippen LogP) is 4.28. The van der Waals surface area contributed by atoms with Gasteiger partial charge in [-0.15, -0.1) is 0 Å². The van der Waals surface area contributed by atoms with Gasteiger partial charge in [-0.3, -0.25) is 4.79 Å². The molecule has 2 aliphatic rings.